The van der Waals surface area contributed by atoms with Gasteiger partial charge in [-0.3, -0.25) is 4.98 Å². The number of anilines is 1. The molecule has 1 atom stereocenters. The molecular formula is C16H27N3O. The Kier molecular flexibility index (Phi) is 6.27. The van der Waals surface area contributed by atoms with Gasteiger partial charge in [0.1, 0.15) is 0 Å². The van der Waals surface area contributed by atoms with Gasteiger partial charge in [-0.15, -0.1) is 0 Å². The first-order chi connectivity index (χ1) is 9.83. The molecule has 0 amide bonds. The van der Waals surface area contributed by atoms with Crippen molar-refractivity contribution in [3.05, 3.63) is 24.5 Å². The Morgan fingerprint density at radius 1 is 1.35 bits per heavy atom. The van der Waals surface area contributed by atoms with E-state index in [0.29, 0.717) is 18.6 Å². The van der Waals surface area contributed by atoms with Crippen LogP contribution >= 0.6 is 0 Å². The van der Waals surface area contributed by atoms with E-state index in [2.05, 4.69) is 34.3 Å². The molecule has 0 aliphatic carbocycles. The van der Waals surface area contributed by atoms with Crippen LogP contribution in [-0.2, 0) is 0 Å². The second kappa shape index (κ2) is 8.22. The van der Waals surface area contributed by atoms with E-state index < -0.39 is 0 Å². The maximum atomic E-state index is 9.03. The van der Waals surface area contributed by atoms with Crippen molar-refractivity contribution in [1.82, 2.24) is 10.3 Å². The molecule has 1 aromatic heterocycles. The number of pyridine rings is 1. The van der Waals surface area contributed by atoms with E-state index in [4.69, 9.17) is 5.11 Å². The fraction of sp³-hybridized carbons (Fsp3) is 0.688. The maximum absolute atomic E-state index is 9.03. The van der Waals surface area contributed by atoms with Crippen LogP contribution in [0.4, 0.5) is 5.69 Å². The molecule has 1 saturated heterocycles. The summed E-state index contributed by atoms with van der Waals surface area (Å²) in [6.45, 7) is 5.77. The van der Waals surface area contributed by atoms with Gasteiger partial charge in [-0.2, -0.15) is 0 Å². The summed E-state index contributed by atoms with van der Waals surface area (Å²) in [4.78, 5) is 6.51. The molecular weight excluding hydrogens is 250 g/mol. The second-order valence-corrected chi connectivity index (χ2v) is 5.66. The van der Waals surface area contributed by atoms with Crippen molar-refractivity contribution in [3.63, 3.8) is 0 Å². The predicted octanol–water partition coefficient (Wildman–Crippen LogP) is 2.05. The van der Waals surface area contributed by atoms with E-state index in [9.17, 15) is 0 Å². The van der Waals surface area contributed by atoms with Gasteiger partial charge in [-0.25, -0.2) is 0 Å². The average Bonchev–Trinajstić information content (AvgIpc) is 2.53. The number of piperidine rings is 1. The van der Waals surface area contributed by atoms with Crippen LogP contribution < -0.4 is 10.2 Å². The molecule has 0 spiro atoms. The lowest BCUT2D eigenvalue weighted by molar-refractivity contribution is 0.246. The van der Waals surface area contributed by atoms with Gasteiger partial charge in [-0.1, -0.05) is 13.3 Å². The number of rotatable bonds is 7. The van der Waals surface area contributed by atoms with Gasteiger partial charge >= 0.3 is 0 Å². The van der Waals surface area contributed by atoms with E-state index in [1.54, 1.807) is 0 Å². The molecule has 112 valence electrons. The molecule has 1 fully saturated rings. The summed E-state index contributed by atoms with van der Waals surface area (Å²) in [5.41, 5.74) is 1.28. The third kappa shape index (κ3) is 4.46. The number of nitrogens with one attached hydrogen (secondary N) is 1. The minimum atomic E-state index is 0.306. The highest BCUT2D eigenvalue weighted by Gasteiger charge is 2.19. The molecule has 4 nitrogen and oxygen atoms in total. The highest BCUT2D eigenvalue weighted by molar-refractivity contribution is 5.44. The van der Waals surface area contributed by atoms with Crippen molar-refractivity contribution in [3.8, 4) is 0 Å². The summed E-state index contributed by atoms with van der Waals surface area (Å²) < 4.78 is 0. The number of aliphatic hydroxyl groups excluding tert-OH is 1. The SMILES string of the molecule is CCC(CCO)CNC1CCN(c2ccncc2)CC1. The Hall–Kier alpha value is -1.13. The third-order valence-electron chi connectivity index (χ3n) is 4.33. The highest BCUT2D eigenvalue weighted by Crippen LogP contribution is 2.19. The van der Waals surface area contributed by atoms with Crippen molar-refractivity contribution in [2.45, 2.75) is 38.6 Å². The first-order valence-corrected chi connectivity index (χ1v) is 7.82. The smallest absolute Gasteiger partial charge is 0.0434 e. The van der Waals surface area contributed by atoms with Crippen molar-refractivity contribution in [2.75, 3.05) is 31.1 Å². The van der Waals surface area contributed by atoms with E-state index in [0.717, 1.165) is 32.5 Å². The van der Waals surface area contributed by atoms with Crippen LogP contribution in [0.5, 0.6) is 0 Å². The largest absolute Gasteiger partial charge is 0.396 e. The van der Waals surface area contributed by atoms with E-state index in [1.165, 1.54) is 18.5 Å². The lowest BCUT2D eigenvalue weighted by Crippen LogP contribution is -2.44. The molecule has 0 bridgehead atoms. The zero-order valence-corrected chi connectivity index (χ0v) is 12.5. The molecule has 2 heterocycles. The minimum absolute atomic E-state index is 0.306. The Bertz CT molecular complexity index is 363. The van der Waals surface area contributed by atoms with E-state index in [1.807, 2.05) is 12.4 Å². The van der Waals surface area contributed by atoms with Crippen molar-refractivity contribution in [2.24, 2.45) is 5.92 Å². The molecule has 0 saturated carbocycles. The third-order valence-corrected chi connectivity index (χ3v) is 4.33. The van der Waals surface area contributed by atoms with Gasteiger partial charge in [0.2, 0.25) is 0 Å². The molecule has 20 heavy (non-hydrogen) atoms. The fourth-order valence-corrected chi connectivity index (χ4v) is 2.86. The lowest BCUT2D eigenvalue weighted by Gasteiger charge is -2.34. The minimum Gasteiger partial charge on any atom is -0.396 e. The Morgan fingerprint density at radius 3 is 2.65 bits per heavy atom. The summed E-state index contributed by atoms with van der Waals surface area (Å²) in [5.74, 6) is 0.609. The van der Waals surface area contributed by atoms with Gasteiger partial charge in [0.05, 0.1) is 0 Å². The summed E-state index contributed by atoms with van der Waals surface area (Å²) in [5, 5.41) is 12.7. The Balaban J connectivity index is 1.72. The van der Waals surface area contributed by atoms with Crippen molar-refractivity contribution < 1.29 is 5.11 Å². The van der Waals surface area contributed by atoms with E-state index >= 15 is 0 Å². The first-order valence-electron chi connectivity index (χ1n) is 7.82. The second-order valence-electron chi connectivity index (χ2n) is 5.66. The van der Waals surface area contributed by atoms with Crippen LogP contribution in [0.2, 0.25) is 0 Å². The Labute approximate surface area is 122 Å². The molecule has 0 aromatic carbocycles. The zero-order valence-electron chi connectivity index (χ0n) is 12.5. The van der Waals surface area contributed by atoms with Gasteiger partial charge in [-0.05, 0) is 43.9 Å². The van der Waals surface area contributed by atoms with Crippen LogP contribution in [0.3, 0.4) is 0 Å². The van der Waals surface area contributed by atoms with Crippen LogP contribution in [0.1, 0.15) is 32.6 Å². The number of aromatic nitrogens is 1. The summed E-state index contributed by atoms with van der Waals surface area (Å²) in [7, 11) is 0. The predicted molar refractivity (Wildman–Crippen MR) is 83.0 cm³/mol. The number of nitrogens with zero attached hydrogens (tertiary/aromatic N) is 2. The standard InChI is InChI=1S/C16H27N3O/c1-2-14(7-12-20)13-18-15-5-10-19(11-6-15)16-3-8-17-9-4-16/h3-4,8-9,14-15,18,20H,2,5-7,10-13H2,1H3. The molecule has 1 unspecified atom stereocenters. The maximum Gasteiger partial charge on any atom is 0.0434 e. The van der Waals surface area contributed by atoms with Crippen LogP contribution in [0, 0.1) is 5.92 Å². The van der Waals surface area contributed by atoms with Gasteiger partial charge in [0.15, 0.2) is 0 Å². The fourth-order valence-electron chi connectivity index (χ4n) is 2.86. The molecule has 1 aliphatic heterocycles. The van der Waals surface area contributed by atoms with Crippen molar-refractivity contribution in [1.29, 1.82) is 0 Å². The summed E-state index contributed by atoms with van der Waals surface area (Å²) in [6, 6.07) is 4.80. The Morgan fingerprint density at radius 2 is 2.05 bits per heavy atom. The lowest BCUT2D eigenvalue weighted by atomic mass is 10.00. The zero-order chi connectivity index (χ0) is 14.2. The molecule has 1 aliphatic rings. The van der Waals surface area contributed by atoms with E-state index in [-0.39, 0.29) is 0 Å². The molecule has 2 N–H and O–H groups in total. The van der Waals surface area contributed by atoms with Gasteiger partial charge in [0, 0.05) is 43.8 Å². The molecule has 4 heteroatoms. The molecule has 2 rings (SSSR count). The number of hydrogen-bond donors (Lipinski definition) is 2. The quantitative estimate of drug-likeness (QED) is 0.801. The molecule has 0 radical (unpaired) electrons. The number of hydrogen-bond acceptors (Lipinski definition) is 4. The van der Waals surface area contributed by atoms with Crippen LogP contribution in [0.15, 0.2) is 24.5 Å². The topological polar surface area (TPSA) is 48.4 Å². The van der Waals surface area contributed by atoms with Crippen LogP contribution in [0.25, 0.3) is 0 Å². The van der Waals surface area contributed by atoms with Crippen LogP contribution in [-0.4, -0.2) is 42.4 Å². The molecule has 1 aromatic rings. The average molecular weight is 277 g/mol. The van der Waals surface area contributed by atoms with Gasteiger partial charge < -0.3 is 15.3 Å². The highest BCUT2D eigenvalue weighted by atomic mass is 16.3. The monoisotopic (exact) mass is 277 g/mol. The van der Waals surface area contributed by atoms with Gasteiger partial charge in [0.25, 0.3) is 0 Å². The normalized spacial score (nSPS) is 18.2. The number of aliphatic hydroxyl groups is 1. The summed E-state index contributed by atoms with van der Waals surface area (Å²) in [6.07, 6.45) is 8.17. The first kappa shape index (κ1) is 15.3. The summed E-state index contributed by atoms with van der Waals surface area (Å²) >= 11 is 0. The van der Waals surface area contributed by atoms with Crippen molar-refractivity contribution >= 4 is 5.69 Å².